The molecule has 0 radical (unpaired) electrons. The molecule has 0 bridgehead atoms. The summed E-state index contributed by atoms with van der Waals surface area (Å²) in [5, 5.41) is 13.3. The maximum Gasteiger partial charge on any atom is 0.319 e. The molecule has 0 aromatic carbocycles. The normalized spacial score (nSPS) is 9.94. The van der Waals surface area contributed by atoms with Crippen LogP contribution in [0.3, 0.4) is 0 Å². The molecule has 0 spiro atoms. The first-order valence-electron chi connectivity index (χ1n) is 4.56. The average Bonchev–Trinajstić information content (AvgIpc) is 2.22. The number of rotatable bonds is 3. The maximum absolute atomic E-state index is 11.6. The van der Waals surface area contributed by atoms with E-state index >= 15 is 0 Å². The first kappa shape index (κ1) is 12.7. The zero-order valence-corrected chi connectivity index (χ0v) is 10.2. The summed E-state index contributed by atoms with van der Waals surface area (Å²) in [5.41, 5.74) is -0.130. The molecule has 1 aromatic heterocycles. The highest BCUT2D eigenvalue weighted by molar-refractivity contribution is 9.10. The Morgan fingerprint density at radius 2 is 2.31 bits per heavy atom. The lowest BCUT2D eigenvalue weighted by molar-refractivity contribution is 0.244. The third-order valence-electron chi connectivity index (χ3n) is 1.80. The van der Waals surface area contributed by atoms with E-state index < -0.39 is 6.03 Å². The number of anilines is 1. The number of aliphatic hydroxyl groups is 1. The number of aromatic nitrogens is 1. The molecule has 6 nitrogen and oxygen atoms in total. The van der Waals surface area contributed by atoms with E-state index in [9.17, 15) is 9.59 Å². The molecule has 1 aromatic rings. The summed E-state index contributed by atoms with van der Waals surface area (Å²) in [6, 6.07) is 0.991. The van der Waals surface area contributed by atoms with Crippen molar-refractivity contribution in [1.29, 1.82) is 0 Å². The van der Waals surface area contributed by atoms with Crippen LogP contribution >= 0.6 is 15.9 Å². The number of hydrogen-bond donors (Lipinski definition) is 3. The fourth-order valence-corrected chi connectivity index (χ4v) is 1.63. The number of carbonyl (C=O) groups excluding carboxylic acids is 1. The number of pyridine rings is 1. The van der Waals surface area contributed by atoms with Crippen LogP contribution in [0.5, 0.6) is 0 Å². The van der Waals surface area contributed by atoms with E-state index in [0.29, 0.717) is 4.47 Å². The van der Waals surface area contributed by atoms with E-state index in [-0.39, 0.29) is 24.4 Å². The largest absolute Gasteiger partial charge is 0.395 e. The smallest absolute Gasteiger partial charge is 0.319 e. The Kier molecular flexibility index (Phi) is 4.51. The summed E-state index contributed by atoms with van der Waals surface area (Å²) in [7, 11) is 1.59. The summed E-state index contributed by atoms with van der Waals surface area (Å²) in [4.78, 5) is 22.8. The standard InChI is InChI=1S/C9H12BrN3O3/c1-13-5-6(10)4-7(8(13)15)12-9(16)11-2-3-14/h4-5,14H,2-3H2,1H3,(H2,11,12,16). The molecule has 1 rings (SSSR count). The molecule has 0 aliphatic rings. The van der Waals surface area contributed by atoms with Crippen molar-refractivity contribution in [2.45, 2.75) is 0 Å². The van der Waals surface area contributed by atoms with Crippen LogP contribution in [0.25, 0.3) is 0 Å². The molecule has 1 heterocycles. The van der Waals surface area contributed by atoms with Gasteiger partial charge in [-0.2, -0.15) is 0 Å². The monoisotopic (exact) mass is 289 g/mol. The summed E-state index contributed by atoms with van der Waals surface area (Å²) < 4.78 is 2.04. The van der Waals surface area contributed by atoms with Gasteiger partial charge in [-0.1, -0.05) is 0 Å². The molecule has 2 amide bonds. The van der Waals surface area contributed by atoms with Gasteiger partial charge in [0, 0.05) is 24.3 Å². The van der Waals surface area contributed by atoms with Gasteiger partial charge in [-0.25, -0.2) is 4.79 Å². The Bertz CT molecular complexity index is 444. The van der Waals surface area contributed by atoms with Gasteiger partial charge in [0.15, 0.2) is 0 Å². The fourth-order valence-electron chi connectivity index (χ4n) is 1.10. The third kappa shape index (κ3) is 3.35. The molecule has 7 heteroatoms. The van der Waals surface area contributed by atoms with Gasteiger partial charge >= 0.3 is 6.03 Å². The Morgan fingerprint density at radius 1 is 1.62 bits per heavy atom. The van der Waals surface area contributed by atoms with Gasteiger partial charge in [0.05, 0.1) is 6.61 Å². The van der Waals surface area contributed by atoms with Crippen molar-refractivity contribution in [2.24, 2.45) is 7.05 Å². The number of aryl methyl sites for hydroxylation is 1. The number of urea groups is 1. The number of nitrogens with zero attached hydrogens (tertiary/aromatic N) is 1. The van der Waals surface area contributed by atoms with Crippen LogP contribution < -0.4 is 16.2 Å². The first-order valence-corrected chi connectivity index (χ1v) is 5.36. The van der Waals surface area contributed by atoms with Gasteiger partial charge in [-0.3, -0.25) is 4.79 Å². The van der Waals surface area contributed by atoms with Gasteiger partial charge in [0.1, 0.15) is 5.69 Å². The second-order valence-corrected chi connectivity index (χ2v) is 4.01. The molecular weight excluding hydrogens is 278 g/mol. The van der Waals surface area contributed by atoms with Crippen molar-refractivity contribution in [1.82, 2.24) is 9.88 Å². The minimum Gasteiger partial charge on any atom is -0.395 e. The molecule has 0 aliphatic carbocycles. The van der Waals surface area contributed by atoms with Gasteiger partial charge in [0.2, 0.25) is 0 Å². The van der Waals surface area contributed by atoms with E-state index in [2.05, 4.69) is 26.6 Å². The lowest BCUT2D eigenvalue weighted by atomic mass is 10.4. The quantitative estimate of drug-likeness (QED) is 0.746. The molecule has 0 unspecified atom stereocenters. The lowest BCUT2D eigenvalue weighted by Gasteiger charge is -2.07. The van der Waals surface area contributed by atoms with Crippen LogP contribution in [0, 0.1) is 0 Å². The summed E-state index contributed by atoms with van der Waals surface area (Å²) >= 11 is 3.22. The highest BCUT2D eigenvalue weighted by Gasteiger charge is 2.06. The van der Waals surface area contributed by atoms with Gasteiger partial charge in [0.25, 0.3) is 5.56 Å². The highest BCUT2D eigenvalue weighted by atomic mass is 79.9. The van der Waals surface area contributed by atoms with E-state index in [4.69, 9.17) is 5.11 Å². The van der Waals surface area contributed by atoms with Crippen molar-refractivity contribution >= 4 is 27.6 Å². The van der Waals surface area contributed by atoms with Crippen molar-refractivity contribution in [3.8, 4) is 0 Å². The molecule has 0 saturated carbocycles. The van der Waals surface area contributed by atoms with E-state index in [1.165, 1.54) is 10.6 Å². The zero-order chi connectivity index (χ0) is 12.1. The Balaban J connectivity index is 2.81. The number of amides is 2. The van der Waals surface area contributed by atoms with Crippen LogP contribution in [0.2, 0.25) is 0 Å². The predicted octanol–water partition coefficient (Wildman–Crippen LogP) is 0.262. The topological polar surface area (TPSA) is 83.4 Å². The minimum absolute atomic E-state index is 0.139. The van der Waals surface area contributed by atoms with Crippen LogP contribution in [-0.4, -0.2) is 28.9 Å². The fraction of sp³-hybridized carbons (Fsp3) is 0.333. The molecule has 0 aliphatic heterocycles. The number of halogens is 1. The van der Waals surface area contributed by atoms with Crippen LogP contribution in [0.1, 0.15) is 0 Å². The molecular formula is C9H12BrN3O3. The van der Waals surface area contributed by atoms with Gasteiger partial charge in [-0.15, -0.1) is 0 Å². The molecule has 0 atom stereocenters. The lowest BCUT2D eigenvalue weighted by Crippen LogP contribution is -2.33. The van der Waals surface area contributed by atoms with E-state index in [1.807, 2.05) is 0 Å². The summed E-state index contributed by atoms with van der Waals surface area (Å²) in [5.74, 6) is 0. The molecule has 16 heavy (non-hydrogen) atoms. The summed E-state index contributed by atoms with van der Waals surface area (Å²) in [6.07, 6.45) is 1.60. The Morgan fingerprint density at radius 3 is 2.94 bits per heavy atom. The Labute approximate surface area is 100 Å². The van der Waals surface area contributed by atoms with E-state index in [0.717, 1.165) is 0 Å². The van der Waals surface area contributed by atoms with Crippen LogP contribution in [0.15, 0.2) is 21.5 Å². The van der Waals surface area contributed by atoms with Crippen LogP contribution in [-0.2, 0) is 7.05 Å². The van der Waals surface area contributed by atoms with Crippen molar-refractivity contribution in [2.75, 3.05) is 18.5 Å². The molecule has 0 saturated heterocycles. The second kappa shape index (κ2) is 5.66. The van der Waals surface area contributed by atoms with E-state index in [1.54, 1.807) is 13.2 Å². The number of hydrogen-bond acceptors (Lipinski definition) is 3. The molecule has 3 N–H and O–H groups in total. The molecule has 0 fully saturated rings. The van der Waals surface area contributed by atoms with Crippen molar-refractivity contribution in [3.05, 3.63) is 27.1 Å². The minimum atomic E-state index is -0.524. The van der Waals surface area contributed by atoms with Crippen molar-refractivity contribution in [3.63, 3.8) is 0 Å². The highest BCUT2D eigenvalue weighted by Crippen LogP contribution is 2.11. The molecule has 88 valence electrons. The van der Waals surface area contributed by atoms with Crippen molar-refractivity contribution < 1.29 is 9.90 Å². The third-order valence-corrected chi connectivity index (χ3v) is 2.23. The van der Waals surface area contributed by atoms with Gasteiger partial charge < -0.3 is 20.3 Å². The SMILES string of the molecule is Cn1cc(Br)cc(NC(=O)NCCO)c1=O. The second-order valence-electron chi connectivity index (χ2n) is 3.09. The van der Waals surface area contributed by atoms with Gasteiger partial charge in [-0.05, 0) is 22.0 Å². The number of carbonyl (C=O) groups is 1. The zero-order valence-electron chi connectivity index (χ0n) is 8.66. The Hall–Kier alpha value is -1.34. The predicted molar refractivity (Wildman–Crippen MR) is 63.5 cm³/mol. The summed E-state index contributed by atoms with van der Waals surface area (Å²) in [6.45, 7) is -0.00986. The number of nitrogens with one attached hydrogen (secondary N) is 2. The average molecular weight is 290 g/mol. The first-order chi connectivity index (χ1) is 7.54. The number of aliphatic hydroxyl groups excluding tert-OH is 1. The van der Waals surface area contributed by atoms with Crippen LogP contribution in [0.4, 0.5) is 10.5 Å². The maximum atomic E-state index is 11.6.